The molecule has 25 heavy (non-hydrogen) atoms. The van der Waals surface area contributed by atoms with Crippen LogP contribution in [0.4, 0.5) is 11.4 Å². The Morgan fingerprint density at radius 3 is 2.72 bits per heavy atom. The van der Waals surface area contributed by atoms with Crippen molar-refractivity contribution in [3.05, 3.63) is 52.5 Å². The van der Waals surface area contributed by atoms with Crippen LogP contribution in [0, 0.1) is 5.92 Å². The van der Waals surface area contributed by atoms with Gasteiger partial charge in [0.05, 0.1) is 34.4 Å². The summed E-state index contributed by atoms with van der Waals surface area (Å²) in [6.07, 6.45) is 0.127. The van der Waals surface area contributed by atoms with E-state index in [1.807, 2.05) is 12.1 Å². The minimum absolute atomic E-state index is 0.123. The molecule has 130 valence electrons. The largest absolute Gasteiger partial charge is 0.495 e. The number of halogens is 2. The Morgan fingerprint density at radius 2 is 1.96 bits per heavy atom. The molecule has 0 aliphatic carbocycles. The average molecular weight is 379 g/mol. The number of para-hydroxylation sites is 2. The molecule has 1 atom stereocenters. The van der Waals surface area contributed by atoms with Crippen molar-refractivity contribution >= 4 is 46.4 Å². The highest BCUT2D eigenvalue weighted by Gasteiger charge is 2.36. The fraction of sp³-hybridized carbons (Fsp3) is 0.222. The molecule has 2 aromatic rings. The van der Waals surface area contributed by atoms with Crippen LogP contribution in [0.1, 0.15) is 6.42 Å². The third-order valence-electron chi connectivity index (χ3n) is 4.08. The summed E-state index contributed by atoms with van der Waals surface area (Å²) >= 11 is 12.1. The van der Waals surface area contributed by atoms with Crippen LogP contribution in [-0.2, 0) is 9.59 Å². The molecule has 1 fully saturated rings. The first-order chi connectivity index (χ1) is 12.0. The van der Waals surface area contributed by atoms with Crippen molar-refractivity contribution in [1.29, 1.82) is 0 Å². The quantitative estimate of drug-likeness (QED) is 0.874. The van der Waals surface area contributed by atoms with Crippen molar-refractivity contribution in [3.63, 3.8) is 0 Å². The Morgan fingerprint density at radius 1 is 1.20 bits per heavy atom. The molecule has 2 amide bonds. The van der Waals surface area contributed by atoms with Crippen LogP contribution in [0.5, 0.6) is 5.75 Å². The van der Waals surface area contributed by atoms with Gasteiger partial charge >= 0.3 is 0 Å². The van der Waals surface area contributed by atoms with Crippen LogP contribution < -0.4 is 15.0 Å². The Hall–Kier alpha value is -2.24. The van der Waals surface area contributed by atoms with Crippen molar-refractivity contribution in [1.82, 2.24) is 0 Å². The van der Waals surface area contributed by atoms with Crippen molar-refractivity contribution in [2.24, 2.45) is 5.92 Å². The molecule has 1 N–H and O–H groups in total. The predicted molar refractivity (Wildman–Crippen MR) is 98.5 cm³/mol. The van der Waals surface area contributed by atoms with Gasteiger partial charge in [0.1, 0.15) is 5.75 Å². The fourth-order valence-electron chi connectivity index (χ4n) is 2.80. The Balaban J connectivity index is 1.76. The minimum Gasteiger partial charge on any atom is -0.495 e. The molecule has 0 saturated carbocycles. The van der Waals surface area contributed by atoms with E-state index >= 15 is 0 Å². The number of carbonyl (C=O) groups is 2. The summed E-state index contributed by atoms with van der Waals surface area (Å²) in [5.41, 5.74) is 1.09. The average Bonchev–Trinajstić information content (AvgIpc) is 3.00. The van der Waals surface area contributed by atoms with E-state index in [-0.39, 0.29) is 29.8 Å². The first-order valence-electron chi connectivity index (χ1n) is 7.69. The van der Waals surface area contributed by atoms with E-state index in [1.165, 1.54) is 0 Å². The van der Waals surface area contributed by atoms with Crippen LogP contribution in [0.3, 0.4) is 0 Å². The van der Waals surface area contributed by atoms with Gasteiger partial charge in [-0.2, -0.15) is 0 Å². The van der Waals surface area contributed by atoms with E-state index in [9.17, 15) is 9.59 Å². The van der Waals surface area contributed by atoms with Gasteiger partial charge in [0, 0.05) is 13.0 Å². The molecule has 1 saturated heterocycles. The minimum atomic E-state index is -0.479. The number of methoxy groups -OCH3 is 1. The van der Waals surface area contributed by atoms with Crippen LogP contribution in [-0.4, -0.2) is 25.5 Å². The summed E-state index contributed by atoms with van der Waals surface area (Å²) in [5, 5.41) is 3.39. The van der Waals surface area contributed by atoms with Gasteiger partial charge in [-0.3, -0.25) is 9.59 Å². The van der Waals surface area contributed by atoms with Crippen LogP contribution >= 0.6 is 23.2 Å². The number of rotatable bonds is 4. The zero-order valence-electron chi connectivity index (χ0n) is 13.5. The summed E-state index contributed by atoms with van der Waals surface area (Å²) in [6, 6.07) is 12.2. The first kappa shape index (κ1) is 17.6. The zero-order chi connectivity index (χ0) is 18.0. The maximum Gasteiger partial charge on any atom is 0.229 e. The smallest absolute Gasteiger partial charge is 0.229 e. The topological polar surface area (TPSA) is 58.6 Å². The second kappa shape index (κ2) is 7.33. The highest BCUT2D eigenvalue weighted by molar-refractivity contribution is 6.44. The number of ether oxygens (including phenoxy) is 1. The summed E-state index contributed by atoms with van der Waals surface area (Å²) in [6.45, 7) is 0.281. The normalized spacial score (nSPS) is 16.8. The van der Waals surface area contributed by atoms with E-state index in [0.717, 1.165) is 0 Å². The lowest BCUT2D eigenvalue weighted by Gasteiger charge is -2.19. The van der Waals surface area contributed by atoms with Crippen LogP contribution in [0.2, 0.25) is 10.0 Å². The number of nitrogens with zero attached hydrogens (tertiary/aromatic N) is 1. The third kappa shape index (κ3) is 3.57. The van der Waals surface area contributed by atoms with Crippen molar-refractivity contribution in [2.75, 3.05) is 23.9 Å². The number of nitrogens with one attached hydrogen (secondary N) is 1. The molecular formula is C18H16Cl2N2O3. The monoisotopic (exact) mass is 378 g/mol. The number of hydrogen-bond donors (Lipinski definition) is 1. The van der Waals surface area contributed by atoms with Crippen molar-refractivity contribution in [3.8, 4) is 5.75 Å². The molecule has 0 unspecified atom stereocenters. The Labute approximate surface area is 155 Å². The van der Waals surface area contributed by atoms with Gasteiger partial charge in [-0.25, -0.2) is 0 Å². The molecular weight excluding hydrogens is 363 g/mol. The lowest BCUT2D eigenvalue weighted by Crippen LogP contribution is -2.28. The van der Waals surface area contributed by atoms with Crippen LogP contribution in [0.15, 0.2) is 42.5 Å². The molecule has 0 bridgehead atoms. The maximum atomic E-state index is 12.5. The highest BCUT2D eigenvalue weighted by atomic mass is 35.5. The van der Waals surface area contributed by atoms with Crippen molar-refractivity contribution < 1.29 is 14.3 Å². The van der Waals surface area contributed by atoms with Gasteiger partial charge in [0.2, 0.25) is 11.8 Å². The fourth-order valence-corrected chi connectivity index (χ4v) is 3.15. The number of amides is 2. The second-order valence-corrected chi connectivity index (χ2v) is 6.45. The standard InChI is InChI=1S/C18H16Cl2N2O3/c1-25-15-8-3-2-7-14(15)22-10-11(9-16(22)23)18(24)21-13-6-4-5-12(19)17(13)20/h2-8,11H,9-10H2,1H3,(H,21,24)/t11-/m0/s1. The van der Waals surface area contributed by atoms with E-state index in [1.54, 1.807) is 42.3 Å². The molecule has 5 nitrogen and oxygen atoms in total. The molecule has 3 rings (SSSR count). The van der Waals surface area contributed by atoms with Gasteiger partial charge in [0.15, 0.2) is 0 Å². The van der Waals surface area contributed by atoms with Gasteiger partial charge in [-0.05, 0) is 24.3 Å². The maximum absolute atomic E-state index is 12.5. The Bertz CT molecular complexity index is 826. The molecule has 0 radical (unpaired) electrons. The predicted octanol–water partition coefficient (Wildman–Crippen LogP) is 3.99. The Kier molecular flexibility index (Phi) is 5.16. The summed E-state index contributed by atoms with van der Waals surface area (Å²) in [4.78, 5) is 26.5. The van der Waals surface area contributed by atoms with Gasteiger partial charge in [-0.15, -0.1) is 0 Å². The van der Waals surface area contributed by atoms with E-state index in [0.29, 0.717) is 22.1 Å². The number of carbonyl (C=O) groups excluding carboxylic acids is 2. The second-order valence-electron chi connectivity index (χ2n) is 5.67. The van der Waals surface area contributed by atoms with Gasteiger partial charge < -0.3 is 15.0 Å². The number of anilines is 2. The van der Waals surface area contributed by atoms with Crippen molar-refractivity contribution in [2.45, 2.75) is 6.42 Å². The number of hydrogen-bond acceptors (Lipinski definition) is 3. The first-order valence-corrected chi connectivity index (χ1v) is 8.45. The summed E-state index contributed by atoms with van der Waals surface area (Å²) in [5.74, 6) is -0.279. The molecule has 1 heterocycles. The summed E-state index contributed by atoms with van der Waals surface area (Å²) in [7, 11) is 1.55. The SMILES string of the molecule is COc1ccccc1N1C[C@@H](C(=O)Nc2cccc(Cl)c2Cl)CC1=O. The van der Waals surface area contributed by atoms with E-state index in [4.69, 9.17) is 27.9 Å². The summed E-state index contributed by atoms with van der Waals surface area (Å²) < 4.78 is 5.30. The molecule has 1 aliphatic heterocycles. The van der Waals surface area contributed by atoms with E-state index in [2.05, 4.69) is 5.32 Å². The lowest BCUT2D eigenvalue weighted by molar-refractivity contribution is -0.122. The molecule has 0 spiro atoms. The van der Waals surface area contributed by atoms with E-state index < -0.39 is 5.92 Å². The third-order valence-corrected chi connectivity index (χ3v) is 4.90. The van der Waals surface area contributed by atoms with Gasteiger partial charge in [-0.1, -0.05) is 41.4 Å². The van der Waals surface area contributed by atoms with Gasteiger partial charge in [0.25, 0.3) is 0 Å². The lowest BCUT2D eigenvalue weighted by atomic mass is 10.1. The molecule has 0 aromatic heterocycles. The zero-order valence-corrected chi connectivity index (χ0v) is 15.0. The highest BCUT2D eigenvalue weighted by Crippen LogP contribution is 2.34. The molecule has 2 aromatic carbocycles. The molecule has 1 aliphatic rings. The molecule has 7 heteroatoms. The number of benzene rings is 2. The van der Waals surface area contributed by atoms with Crippen LogP contribution in [0.25, 0.3) is 0 Å².